The van der Waals surface area contributed by atoms with Crippen LogP contribution < -0.4 is 5.32 Å². The Morgan fingerprint density at radius 2 is 2.14 bits per heavy atom. The van der Waals surface area contributed by atoms with Crippen LogP contribution in [0.2, 0.25) is 0 Å². The molecule has 22 heavy (non-hydrogen) atoms. The van der Waals surface area contributed by atoms with Crippen molar-refractivity contribution in [3.63, 3.8) is 0 Å². The number of hydrogen-bond acceptors (Lipinski definition) is 3. The average Bonchev–Trinajstić information content (AvgIpc) is 3.16. The van der Waals surface area contributed by atoms with Crippen molar-refractivity contribution >= 4 is 0 Å². The lowest BCUT2D eigenvalue weighted by atomic mass is 10.3. The number of aromatic nitrogens is 4. The SMILES string of the molecule is C[C@@H](Cn1cccn1)NCc1ccn(-c2cccc(F)c2)n1. The van der Waals surface area contributed by atoms with Gasteiger partial charge in [0.25, 0.3) is 0 Å². The monoisotopic (exact) mass is 299 g/mol. The highest BCUT2D eigenvalue weighted by Gasteiger charge is 2.06. The number of hydrogen-bond donors (Lipinski definition) is 1. The Morgan fingerprint density at radius 3 is 2.91 bits per heavy atom. The minimum Gasteiger partial charge on any atom is -0.307 e. The topological polar surface area (TPSA) is 47.7 Å². The number of rotatable bonds is 6. The van der Waals surface area contributed by atoms with E-state index in [1.54, 1.807) is 16.9 Å². The van der Waals surface area contributed by atoms with Crippen molar-refractivity contribution in [3.8, 4) is 5.69 Å². The van der Waals surface area contributed by atoms with E-state index in [9.17, 15) is 4.39 Å². The minimum absolute atomic E-state index is 0.263. The summed E-state index contributed by atoms with van der Waals surface area (Å²) in [6.45, 7) is 3.56. The molecule has 0 aliphatic rings. The molecule has 0 aliphatic carbocycles. The van der Waals surface area contributed by atoms with Crippen LogP contribution in [-0.2, 0) is 13.1 Å². The summed E-state index contributed by atoms with van der Waals surface area (Å²) in [5.74, 6) is -0.263. The first-order valence-corrected chi connectivity index (χ1v) is 7.22. The maximum atomic E-state index is 13.2. The Hall–Kier alpha value is -2.47. The summed E-state index contributed by atoms with van der Waals surface area (Å²) in [5.41, 5.74) is 1.63. The van der Waals surface area contributed by atoms with Gasteiger partial charge in [0, 0.05) is 31.2 Å². The fraction of sp³-hybridized carbons (Fsp3) is 0.250. The second kappa shape index (κ2) is 6.53. The maximum absolute atomic E-state index is 13.2. The second-order valence-corrected chi connectivity index (χ2v) is 5.24. The highest BCUT2D eigenvalue weighted by Crippen LogP contribution is 2.09. The van der Waals surface area contributed by atoms with Crippen LogP contribution in [0.5, 0.6) is 0 Å². The molecule has 1 aromatic carbocycles. The third-order valence-electron chi connectivity index (χ3n) is 3.37. The summed E-state index contributed by atoms with van der Waals surface area (Å²) in [6.07, 6.45) is 5.55. The molecule has 3 aromatic rings. The standard InChI is InChI=1S/C16H18FN5/c1-13(12-21-8-3-7-19-21)18-11-15-6-9-22(20-15)16-5-2-4-14(17)10-16/h2-10,13,18H,11-12H2,1H3/t13-/m0/s1. The van der Waals surface area contributed by atoms with Gasteiger partial charge in [-0.2, -0.15) is 10.2 Å². The lowest BCUT2D eigenvalue weighted by molar-refractivity contribution is 0.448. The highest BCUT2D eigenvalue weighted by atomic mass is 19.1. The summed E-state index contributed by atoms with van der Waals surface area (Å²) in [4.78, 5) is 0. The average molecular weight is 299 g/mol. The molecule has 0 radical (unpaired) electrons. The molecular weight excluding hydrogens is 281 g/mol. The quantitative estimate of drug-likeness (QED) is 0.760. The van der Waals surface area contributed by atoms with Gasteiger partial charge in [-0.3, -0.25) is 4.68 Å². The van der Waals surface area contributed by atoms with E-state index in [1.807, 2.05) is 35.3 Å². The van der Waals surface area contributed by atoms with Gasteiger partial charge in [0.05, 0.1) is 17.9 Å². The summed E-state index contributed by atoms with van der Waals surface area (Å²) < 4.78 is 16.8. The molecule has 0 bridgehead atoms. The zero-order valence-corrected chi connectivity index (χ0v) is 12.4. The highest BCUT2D eigenvalue weighted by molar-refractivity contribution is 5.31. The van der Waals surface area contributed by atoms with Crippen molar-refractivity contribution in [2.24, 2.45) is 0 Å². The number of nitrogens with zero attached hydrogens (tertiary/aromatic N) is 4. The predicted octanol–water partition coefficient (Wildman–Crippen LogP) is 2.39. The van der Waals surface area contributed by atoms with Crippen molar-refractivity contribution in [2.45, 2.75) is 26.1 Å². The van der Waals surface area contributed by atoms with E-state index >= 15 is 0 Å². The summed E-state index contributed by atoms with van der Waals surface area (Å²) in [5, 5.41) is 12.0. The summed E-state index contributed by atoms with van der Waals surface area (Å²) in [6, 6.07) is 10.5. The molecule has 2 heterocycles. The normalized spacial score (nSPS) is 12.5. The third-order valence-corrected chi connectivity index (χ3v) is 3.37. The van der Waals surface area contributed by atoms with Crippen LogP contribution in [0.1, 0.15) is 12.6 Å². The van der Waals surface area contributed by atoms with Gasteiger partial charge in [0.15, 0.2) is 0 Å². The largest absolute Gasteiger partial charge is 0.307 e. The van der Waals surface area contributed by atoms with E-state index in [-0.39, 0.29) is 11.9 Å². The molecule has 6 heteroatoms. The van der Waals surface area contributed by atoms with Crippen molar-refractivity contribution in [3.05, 3.63) is 66.5 Å². The van der Waals surface area contributed by atoms with Crippen molar-refractivity contribution in [1.29, 1.82) is 0 Å². The van der Waals surface area contributed by atoms with Crippen molar-refractivity contribution in [2.75, 3.05) is 0 Å². The van der Waals surface area contributed by atoms with Gasteiger partial charge >= 0.3 is 0 Å². The zero-order chi connectivity index (χ0) is 15.4. The minimum atomic E-state index is -0.263. The molecular formula is C16H18FN5. The van der Waals surface area contributed by atoms with Crippen LogP contribution >= 0.6 is 0 Å². The molecule has 5 nitrogen and oxygen atoms in total. The number of benzene rings is 1. The molecule has 114 valence electrons. The van der Waals surface area contributed by atoms with E-state index < -0.39 is 0 Å². The Morgan fingerprint density at radius 1 is 1.23 bits per heavy atom. The molecule has 1 N–H and O–H groups in total. The predicted molar refractivity (Wildman–Crippen MR) is 82.1 cm³/mol. The van der Waals surface area contributed by atoms with Gasteiger partial charge in [0.2, 0.25) is 0 Å². The molecule has 0 spiro atoms. The van der Waals surface area contributed by atoms with Crippen molar-refractivity contribution in [1.82, 2.24) is 24.9 Å². The van der Waals surface area contributed by atoms with Crippen LogP contribution in [0, 0.1) is 5.82 Å². The molecule has 2 aromatic heterocycles. The molecule has 0 saturated carbocycles. The van der Waals surface area contributed by atoms with Gasteiger partial charge in [-0.25, -0.2) is 9.07 Å². The zero-order valence-electron chi connectivity index (χ0n) is 12.4. The van der Waals surface area contributed by atoms with Crippen molar-refractivity contribution < 1.29 is 4.39 Å². The van der Waals surface area contributed by atoms with Gasteiger partial charge in [-0.1, -0.05) is 6.07 Å². The fourth-order valence-corrected chi connectivity index (χ4v) is 2.25. The first-order chi connectivity index (χ1) is 10.7. The van der Waals surface area contributed by atoms with Gasteiger partial charge in [0.1, 0.15) is 5.82 Å². The van der Waals surface area contributed by atoms with E-state index in [2.05, 4.69) is 22.4 Å². The van der Waals surface area contributed by atoms with E-state index in [1.165, 1.54) is 12.1 Å². The summed E-state index contributed by atoms with van der Waals surface area (Å²) in [7, 11) is 0. The number of nitrogens with one attached hydrogen (secondary N) is 1. The smallest absolute Gasteiger partial charge is 0.125 e. The molecule has 1 atom stereocenters. The Kier molecular flexibility index (Phi) is 4.29. The Labute approximate surface area is 128 Å². The maximum Gasteiger partial charge on any atom is 0.125 e. The van der Waals surface area contributed by atoms with Crippen LogP contribution in [0.4, 0.5) is 4.39 Å². The van der Waals surface area contributed by atoms with Crippen LogP contribution in [0.3, 0.4) is 0 Å². The molecule has 0 amide bonds. The summed E-state index contributed by atoms with van der Waals surface area (Å²) >= 11 is 0. The lowest BCUT2D eigenvalue weighted by Gasteiger charge is -2.12. The van der Waals surface area contributed by atoms with Gasteiger partial charge in [-0.05, 0) is 37.3 Å². The van der Waals surface area contributed by atoms with E-state index in [4.69, 9.17) is 0 Å². The first-order valence-electron chi connectivity index (χ1n) is 7.22. The van der Waals surface area contributed by atoms with Crippen LogP contribution in [0.15, 0.2) is 55.0 Å². The molecule has 3 rings (SSSR count). The Bertz CT molecular complexity index is 720. The number of halogens is 1. The van der Waals surface area contributed by atoms with Crippen LogP contribution in [-0.4, -0.2) is 25.6 Å². The molecule has 0 unspecified atom stereocenters. The second-order valence-electron chi connectivity index (χ2n) is 5.24. The molecule has 0 saturated heterocycles. The van der Waals surface area contributed by atoms with E-state index in [0.29, 0.717) is 6.54 Å². The van der Waals surface area contributed by atoms with Gasteiger partial charge < -0.3 is 5.32 Å². The molecule has 0 fully saturated rings. The molecule has 0 aliphatic heterocycles. The first kappa shape index (κ1) is 14.5. The van der Waals surface area contributed by atoms with Gasteiger partial charge in [-0.15, -0.1) is 0 Å². The Balaban J connectivity index is 1.58. The lowest BCUT2D eigenvalue weighted by Crippen LogP contribution is -2.30. The van der Waals surface area contributed by atoms with Crippen LogP contribution in [0.25, 0.3) is 5.69 Å². The van der Waals surface area contributed by atoms with E-state index in [0.717, 1.165) is 17.9 Å². The third kappa shape index (κ3) is 3.59. The fourth-order valence-electron chi connectivity index (χ4n) is 2.25.